The number of rotatable bonds is 3. The minimum absolute atomic E-state index is 0.277. The van der Waals surface area contributed by atoms with Crippen LogP contribution in [0.4, 0.5) is 0 Å². The molecular weight excluding hydrogens is 220 g/mol. The molecule has 18 heavy (non-hydrogen) atoms. The van der Waals surface area contributed by atoms with E-state index in [1.807, 2.05) is 0 Å². The maximum absolute atomic E-state index is 6.16. The highest BCUT2D eigenvalue weighted by atomic mass is 15.2. The molecule has 1 fully saturated rings. The van der Waals surface area contributed by atoms with Gasteiger partial charge in [-0.05, 0) is 36.3 Å². The number of hydrogen-bond donors (Lipinski definition) is 1. The van der Waals surface area contributed by atoms with Gasteiger partial charge in [-0.15, -0.1) is 0 Å². The molecule has 1 saturated carbocycles. The lowest BCUT2D eigenvalue weighted by molar-refractivity contribution is 0.0923. The molecule has 1 aliphatic carbocycles. The lowest BCUT2D eigenvalue weighted by Crippen LogP contribution is -2.49. The summed E-state index contributed by atoms with van der Waals surface area (Å²) in [5.41, 5.74) is 9.45. The minimum Gasteiger partial charge on any atom is -0.329 e. The number of benzene rings is 1. The number of nitrogens with two attached hydrogens (primary N) is 1. The second-order valence-corrected chi connectivity index (χ2v) is 6.07. The van der Waals surface area contributed by atoms with Crippen molar-refractivity contribution in [2.75, 3.05) is 6.54 Å². The fraction of sp³-hybridized carbons (Fsp3) is 0.625. The number of hydrogen-bond acceptors (Lipinski definition) is 2. The van der Waals surface area contributed by atoms with Crippen LogP contribution in [0.3, 0.4) is 0 Å². The molecule has 0 spiro atoms. The van der Waals surface area contributed by atoms with Gasteiger partial charge in [0.05, 0.1) is 0 Å². The van der Waals surface area contributed by atoms with Crippen molar-refractivity contribution in [3.63, 3.8) is 0 Å². The third-order valence-corrected chi connectivity index (χ3v) is 5.16. The molecule has 3 rings (SSSR count). The van der Waals surface area contributed by atoms with Crippen LogP contribution in [0.15, 0.2) is 24.3 Å². The molecule has 98 valence electrons. The summed E-state index contributed by atoms with van der Waals surface area (Å²) in [5, 5.41) is 0. The lowest BCUT2D eigenvalue weighted by Gasteiger charge is -2.38. The average Bonchev–Trinajstić information content (AvgIpc) is 3.03. The van der Waals surface area contributed by atoms with E-state index < -0.39 is 0 Å². The van der Waals surface area contributed by atoms with Gasteiger partial charge in [-0.3, -0.25) is 4.90 Å². The summed E-state index contributed by atoms with van der Waals surface area (Å²) in [5.74, 6) is 0.886. The molecule has 2 N–H and O–H groups in total. The second kappa shape index (κ2) is 4.67. The first-order valence-corrected chi connectivity index (χ1v) is 7.29. The quantitative estimate of drug-likeness (QED) is 0.886. The highest BCUT2D eigenvalue weighted by Crippen LogP contribution is 2.43. The molecule has 0 amide bonds. The normalized spacial score (nSPS) is 31.8. The van der Waals surface area contributed by atoms with Crippen molar-refractivity contribution < 1.29 is 0 Å². The van der Waals surface area contributed by atoms with Crippen LogP contribution >= 0.6 is 0 Å². The Morgan fingerprint density at radius 2 is 1.94 bits per heavy atom. The van der Waals surface area contributed by atoms with Gasteiger partial charge in [-0.25, -0.2) is 0 Å². The van der Waals surface area contributed by atoms with E-state index in [-0.39, 0.29) is 5.54 Å². The maximum atomic E-state index is 6.16. The maximum Gasteiger partial charge on any atom is 0.0341 e. The standard InChI is InChI=1S/C16H24N2/c1-2-13-7-8-16(9-13,12-17)18-10-14-5-3-4-6-15(14)11-18/h3-6,13H,2,7-12,17H2,1H3. The van der Waals surface area contributed by atoms with Crippen LogP contribution < -0.4 is 5.73 Å². The van der Waals surface area contributed by atoms with Crippen LogP contribution in [-0.2, 0) is 13.1 Å². The van der Waals surface area contributed by atoms with Gasteiger partial charge in [0.25, 0.3) is 0 Å². The van der Waals surface area contributed by atoms with Crippen LogP contribution in [0.2, 0.25) is 0 Å². The number of fused-ring (bicyclic) bond motifs is 1. The Balaban J connectivity index is 1.80. The van der Waals surface area contributed by atoms with E-state index in [4.69, 9.17) is 5.73 Å². The van der Waals surface area contributed by atoms with Crippen molar-refractivity contribution in [1.29, 1.82) is 0 Å². The summed E-state index contributed by atoms with van der Waals surface area (Å²) in [6, 6.07) is 8.85. The van der Waals surface area contributed by atoms with E-state index in [0.29, 0.717) is 0 Å². The first kappa shape index (κ1) is 12.2. The predicted octanol–water partition coefficient (Wildman–Crippen LogP) is 2.91. The smallest absolute Gasteiger partial charge is 0.0341 e. The molecule has 2 aliphatic rings. The van der Waals surface area contributed by atoms with Gasteiger partial charge in [0.15, 0.2) is 0 Å². The van der Waals surface area contributed by atoms with E-state index in [2.05, 4.69) is 36.1 Å². The van der Waals surface area contributed by atoms with E-state index >= 15 is 0 Å². The van der Waals surface area contributed by atoms with Crippen molar-refractivity contribution in [2.24, 2.45) is 11.7 Å². The zero-order valence-electron chi connectivity index (χ0n) is 11.4. The summed E-state index contributed by atoms with van der Waals surface area (Å²) >= 11 is 0. The summed E-state index contributed by atoms with van der Waals surface area (Å²) in [6.45, 7) is 5.33. The largest absolute Gasteiger partial charge is 0.329 e. The van der Waals surface area contributed by atoms with Crippen molar-refractivity contribution >= 4 is 0 Å². The average molecular weight is 244 g/mol. The number of nitrogens with zero attached hydrogens (tertiary/aromatic N) is 1. The predicted molar refractivity (Wildman–Crippen MR) is 75.1 cm³/mol. The van der Waals surface area contributed by atoms with Crippen LogP contribution in [0.1, 0.15) is 43.7 Å². The van der Waals surface area contributed by atoms with Crippen LogP contribution in [-0.4, -0.2) is 17.0 Å². The van der Waals surface area contributed by atoms with Gasteiger partial charge < -0.3 is 5.73 Å². The van der Waals surface area contributed by atoms with Gasteiger partial charge in [0, 0.05) is 25.2 Å². The topological polar surface area (TPSA) is 29.3 Å². The third kappa shape index (κ3) is 1.88. The molecule has 1 aromatic carbocycles. The Labute approximate surface area is 110 Å². The first-order valence-electron chi connectivity index (χ1n) is 7.29. The summed E-state index contributed by atoms with van der Waals surface area (Å²) in [4.78, 5) is 2.65. The minimum atomic E-state index is 0.277. The molecule has 1 heterocycles. The molecule has 2 heteroatoms. The van der Waals surface area contributed by atoms with E-state index in [1.165, 1.54) is 36.8 Å². The van der Waals surface area contributed by atoms with E-state index in [1.54, 1.807) is 0 Å². The summed E-state index contributed by atoms with van der Waals surface area (Å²) in [6.07, 6.45) is 5.26. The van der Waals surface area contributed by atoms with Gasteiger partial charge in [-0.1, -0.05) is 37.6 Å². The van der Waals surface area contributed by atoms with E-state index in [9.17, 15) is 0 Å². The van der Waals surface area contributed by atoms with Crippen LogP contribution in [0, 0.1) is 5.92 Å². The van der Waals surface area contributed by atoms with Gasteiger partial charge in [0.2, 0.25) is 0 Å². The Bertz CT molecular complexity index is 404. The zero-order valence-corrected chi connectivity index (χ0v) is 11.4. The zero-order chi connectivity index (χ0) is 12.6. The fourth-order valence-corrected chi connectivity index (χ4v) is 3.83. The molecule has 2 nitrogen and oxygen atoms in total. The van der Waals surface area contributed by atoms with Crippen LogP contribution in [0.5, 0.6) is 0 Å². The molecular formula is C16H24N2. The lowest BCUT2D eigenvalue weighted by atomic mass is 9.93. The molecule has 2 atom stereocenters. The molecule has 0 aromatic heterocycles. The molecule has 0 bridgehead atoms. The molecule has 2 unspecified atom stereocenters. The Morgan fingerprint density at radius 1 is 1.28 bits per heavy atom. The Kier molecular flexibility index (Phi) is 3.16. The van der Waals surface area contributed by atoms with Crippen molar-refractivity contribution in [3.05, 3.63) is 35.4 Å². The van der Waals surface area contributed by atoms with Gasteiger partial charge in [-0.2, -0.15) is 0 Å². The van der Waals surface area contributed by atoms with Crippen molar-refractivity contribution in [1.82, 2.24) is 4.90 Å². The SMILES string of the molecule is CCC1CCC(CN)(N2Cc3ccccc3C2)C1. The Morgan fingerprint density at radius 3 is 2.44 bits per heavy atom. The van der Waals surface area contributed by atoms with Crippen molar-refractivity contribution in [2.45, 2.75) is 51.2 Å². The fourth-order valence-electron chi connectivity index (χ4n) is 3.83. The Hall–Kier alpha value is -0.860. The molecule has 1 aliphatic heterocycles. The second-order valence-electron chi connectivity index (χ2n) is 6.07. The third-order valence-electron chi connectivity index (χ3n) is 5.16. The summed E-state index contributed by atoms with van der Waals surface area (Å²) in [7, 11) is 0. The van der Waals surface area contributed by atoms with Gasteiger partial charge in [0.1, 0.15) is 0 Å². The highest BCUT2D eigenvalue weighted by molar-refractivity contribution is 5.31. The van der Waals surface area contributed by atoms with Crippen LogP contribution in [0.25, 0.3) is 0 Å². The monoisotopic (exact) mass is 244 g/mol. The highest BCUT2D eigenvalue weighted by Gasteiger charge is 2.43. The van der Waals surface area contributed by atoms with Crippen molar-refractivity contribution in [3.8, 4) is 0 Å². The molecule has 0 radical (unpaired) electrons. The summed E-state index contributed by atoms with van der Waals surface area (Å²) < 4.78 is 0. The van der Waals surface area contributed by atoms with Gasteiger partial charge >= 0.3 is 0 Å². The van der Waals surface area contributed by atoms with E-state index in [0.717, 1.165) is 25.6 Å². The molecule has 1 aromatic rings. The molecule has 0 saturated heterocycles. The first-order chi connectivity index (χ1) is 8.77.